The molecule has 7 nitrogen and oxygen atoms in total. The third kappa shape index (κ3) is 2.65. The van der Waals surface area contributed by atoms with Gasteiger partial charge in [-0.2, -0.15) is 10.2 Å². The van der Waals surface area contributed by atoms with Gasteiger partial charge >= 0.3 is 0 Å². The summed E-state index contributed by atoms with van der Waals surface area (Å²) in [6, 6.07) is 2.72. The predicted octanol–water partition coefficient (Wildman–Crippen LogP) is 1.45. The Hall–Kier alpha value is -2.15. The van der Waals surface area contributed by atoms with Gasteiger partial charge in [0.2, 0.25) is 0 Å². The largest absolute Gasteiger partial charge is 0.330 e. The molecule has 0 aliphatic carbocycles. The lowest BCUT2D eigenvalue weighted by Crippen LogP contribution is -2.33. The first-order valence-corrected chi connectivity index (χ1v) is 7.82. The fourth-order valence-electron chi connectivity index (χ4n) is 3.10. The molecule has 0 radical (unpaired) electrons. The second-order valence-electron chi connectivity index (χ2n) is 5.75. The molecule has 1 fully saturated rings. The lowest BCUT2D eigenvalue weighted by atomic mass is 10.1. The topological polar surface area (TPSA) is 73.0 Å². The highest BCUT2D eigenvalue weighted by atomic mass is 35.5. The van der Waals surface area contributed by atoms with Gasteiger partial charge in [-0.25, -0.2) is 4.68 Å². The molecular weight excluding hydrogens is 318 g/mol. The van der Waals surface area contributed by atoms with E-state index in [2.05, 4.69) is 10.2 Å². The Morgan fingerprint density at radius 2 is 2.00 bits per heavy atom. The number of aromatic nitrogens is 4. The highest BCUT2D eigenvalue weighted by molar-refractivity contribution is 6.30. The van der Waals surface area contributed by atoms with E-state index in [1.54, 1.807) is 16.6 Å². The van der Waals surface area contributed by atoms with Gasteiger partial charge in [0.05, 0.1) is 11.7 Å². The maximum absolute atomic E-state index is 12.8. The van der Waals surface area contributed by atoms with E-state index in [-0.39, 0.29) is 23.2 Å². The first kappa shape index (κ1) is 15.7. The number of carbonyl (C=O) groups is 1. The standard InChI is InChI=1S/C15H18ClN5O2/c1-9-13(14(16)20(3)17-9)11-5-4-8-21(11)15(23)10-6-7-12(22)19(2)18-10/h6-7,11H,4-5,8H2,1-3H3/t11-/m0/s1. The van der Waals surface area contributed by atoms with Crippen molar-refractivity contribution in [2.75, 3.05) is 6.54 Å². The van der Waals surface area contributed by atoms with Crippen molar-refractivity contribution < 1.29 is 4.79 Å². The van der Waals surface area contributed by atoms with Gasteiger partial charge in [-0.05, 0) is 25.8 Å². The smallest absolute Gasteiger partial charge is 0.274 e. The summed E-state index contributed by atoms with van der Waals surface area (Å²) < 4.78 is 2.79. The molecule has 8 heteroatoms. The number of hydrogen-bond acceptors (Lipinski definition) is 4. The van der Waals surface area contributed by atoms with Crippen molar-refractivity contribution in [2.45, 2.75) is 25.8 Å². The quantitative estimate of drug-likeness (QED) is 0.832. The van der Waals surface area contributed by atoms with Crippen LogP contribution in [0, 0.1) is 6.92 Å². The summed E-state index contributed by atoms with van der Waals surface area (Å²) in [5.41, 5.74) is 1.74. The molecule has 0 bridgehead atoms. The van der Waals surface area contributed by atoms with Gasteiger partial charge in [0.1, 0.15) is 10.8 Å². The Balaban J connectivity index is 1.96. The van der Waals surface area contributed by atoms with Crippen LogP contribution in [0.3, 0.4) is 0 Å². The van der Waals surface area contributed by atoms with Crippen LogP contribution in [0.2, 0.25) is 5.15 Å². The normalized spacial score (nSPS) is 17.7. The van der Waals surface area contributed by atoms with Crippen molar-refractivity contribution in [3.05, 3.63) is 44.6 Å². The zero-order valence-corrected chi connectivity index (χ0v) is 14.0. The van der Waals surface area contributed by atoms with Crippen LogP contribution in [0.5, 0.6) is 0 Å². The van der Waals surface area contributed by atoms with Crippen LogP contribution in [0.15, 0.2) is 16.9 Å². The Labute approximate surface area is 138 Å². The SMILES string of the molecule is Cc1nn(C)c(Cl)c1[C@@H]1CCCN1C(=O)c1ccc(=O)n(C)n1. The van der Waals surface area contributed by atoms with Crippen LogP contribution in [-0.2, 0) is 14.1 Å². The highest BCUT2D eigenvalue weighted by Gasteiger charge is 2.35. The van der Waals surface area contributed by atoms with E-state index < -0.39 is 0 Å². The minimum atomic E-state index is -0.245. The number of carbonyl (C=O) groups excluding carboxylic acids is 1. The van der Waals surface area contributed by atoms with Gasteiger partial charge in [0, 0.05) is 32.3 Å². The van der Waals surface area contributed by atoms with Gasteiger partial charge < -0.3 is 4.90 Å². The Kier molecular flexibility index (Phi) is 3.97. The van der Waals surface area contributed by atoms with E-state index in [0.717, 1.165) is 24.1 Å². The summed E-state index contributed by atoms with van der Waals surface area (Å²) in [6.07, 6.45) is 1.73. The van der Waals surface area contributed by atoms with Gasteiger partial charge in [0.15, 0.2) is 0 Å². The molecule has 2 aromatic rings. The lowest BCUT2D eigenvalue weighted by Gasteiger charge is -2.24. The van der Waals surface area contributed by atoms with Crippen LogP contribution in [0.4, 0.5) is 0 Å². The number of hydrogen-bond donors (Lipinski definition) is 0. The van der Waals surface area contributed by atoms with E-state index >= 15 is 0 Å². The highest BCUT2D eigenvalue weighted by Crippen LogP contribution is 2.38. The number of nitrogens with zero attached hydrogens (tertiary/aromatic N) is 5. The summed E-state index contributed by atoms with van der Waals surface area (Å²) in [7, 11) is 3.32. The maximum atomic E-state index is 12.8. The molecule has 1 saturated heterocycles. The van der Waals surface area contributed by atoms with E-state index in [0.29, 0.717) is 11.7 Å². The monoisotopic (exact) mass is 335 g/mol. The van der Waals surface area contributed by atoms with E-state index in [4.69, 9.17) is 11.6 Å². The second-order valence-corrected chi connectivity index (χ2v) is 6.11. The third-order valence-corrected chi connectivity index (χ3v) is 4.67. The molecule has 3 rings (SSSR count). The summed E-state index contributed by atoms with van der Waals surface area (Å²) >= 11 is 6.36. The van der Waals surface area contributed by atoms with Gasteiger partial charge in [-0.1, -0.05) is 11.6 Å². The number of likely N-dealkylation sites (tertiary alicyclic amines) is 1. The van der Waals surface area contributed by atoms with Gasteiger partial charge in [0.25, 0.3) is 11.5 Å². The predicted molar refractivity (Wildman–Crippen MR) is 85.4 cm³/mol. The third-order valence-electron chi connectivity index (χ3n) is 4.22. The number of rotatable bonds is 2. The zero-order valence-electron chi connectivity index (χ0n) is 13.3. The average molecular weight is 336 g/mol. The van der Waals surface area contributed by atoms with E-state index in [1.165, 1.54) is 23.9 Å². The van der Waals surface area contributed by atoms with Gasteiger partial charge in [-0.15, -0.1) is 0 Å². The van der Waals surface area contributed by atoms with Crippen molar-refractivity contribution in [3.8, 4) is 0 Å². The molecule has 2 aromatic heterocycles. The molecule has 0 spiro atoms. The van der Waals surface area contributed by atoms with E-state index in [9.17, 15) is 9.59 Å². The molecule has 1 aliphatic rings. The molecule has 1 atom stereocenters. The maximum Gasteiger partial charge on any atom is 0.274 e. The fraction of sp³-hybridized carbons (Fsp3) is 0.467. The fourth-order valence-corrected chi connectivity index (χ4v) is 3.40. The van der Waals surface area contributed by atoms with Crippen molar-refractivity contribution in [1.82, 2.24) is 24.5 Å². The Morgan fingerprint density at radius 3 is 2.61 bits per heavy atom. The molecule has 23 heavy (non-hydrogen) atoms. The Morgan fingerprint density at radius 1 is 1.26 bits per heavy atom. The summed E-state index contributed by atoms with van der Waals surface area (Å²) in [6.45, 7) is 2.53. The molecule has 122 valence electrons. The lowest BCUT2D eigenvalue weighted by molar-refractivity contribution is 0.0726. The minimum absolute atomic E-state index is 0.109. The molecule has 0 unspecified atom stereocenters. The summed E-state index contributed by atoms with van der Waals surface area (Å²) in [5, 5.41) is 8.94. The second kappa shape index (κ2) is 5.81. The first-order chi connectivity index (χ1) is 10.9. The van der Waals surface area contributed by atoms with Crippen molar-refractivity contribution >= 4 is 17.5 Å². The molecule has 3 heterocycles. The van der Waals surface area contributed by atoms with Crippen LogP contribution < -0.4 is 5.56 Å². The molecule has 1 amide bonds. The molecule has 0 aromatic carbocycles. The van der Waals surface area contributed by atoms with Crippen LogP contribution >= 0.6 is 11.6 Å². The Bertz CT molecular complexity index is 826. The minimum Gasteiger partial charge on any atom is -0.330 e. The summed E-state index contributed by atoms with van der Waals surface area (Å²) in [5.74, 6) is -0.192. The molecule has 1 aliphatic heterocycles. The first-order valence-electron chi connectivity index (χ1n) is 7.44. The number of amides is 1. The van der Waals surface area contributed by atoms with Crippen molar-refractivity contribution in [3.63, 3.8) is 0 Å². The molecule has 0 saturated carbocycles. The summed E-state index contributed by atoms with van der Waals surface area (Å²) in [4.78, 5) is 26.0. The van der Waals surface area contributed by atoms with Crippen LogP contribution in [-0.4, -0.2) is 36.9 Å². The van der Waals surface area contributed by atoms with Gasteiger partial charge in [-0.3, -0.25) is 14.3 Å². The van der Waals surface area contributed by atoms with E-state index in [1.807, 2.05) is 6.92 Å². The molecular formula is C15H18ClN5O2. The number of halogens is 1. The van der Waals surface area contributed by atoms with Crippen molar-refractivity contribution in [1.29, 1.82) is 0 Å². The van der Waals surface area contributed by atoms with Crippen molar-refractivity contribution in [2.24, 2.45) is 14.1 Å². The average Bonchev–Trinajstić information content (AvgIpc) is 3.06. The zero-order chi connectivity index (χ0) is 16.7. The van der Waals surface area contributed by atoms with Crippen LogP contribution in [0.25, 0.3) is 0 Å². The molecule has 0 N–H and O–H groups in total. The number of aryl methyl sites for hydroxylation is 3. The van der Waals surface area contributed by atoms with Crippen LogP contribution in [0.1, 0.15) is 40.6 Å².